The SMILES string of the molecule is Cc1noc(-c2ccc(-c3ccc(C4(CC(=O)O)CC4)cc3)cc2)c1C(O)c1nnc(Cc2ccccc2)o1. The first kappa shape index (κ1) is 24.8. The van der Waals surface area contributed by atoms with Gasteiger partial charge in [-0.3, -0.25) is 4.79 Å². The highest BCUT2D eigenvalue weighted by molar-refractivity contribution is 5.72. The lowest BCUT2D eigenvalue weighted by Gasteiger charge is -2.14. The third-order valence-electron chi connectivity index (χ3n) is 7.42. The highest BCUT2D eigenvalue weighted by Gasteiger charge is 2.45. The molecule has 8 heteroatoms. The number of aliphatic hydroxyl groups excluding tert-OH is 1. The van der Waals surface area contributed by atoms with Gasteiger partial charge in [0, 0.05) is 11.0 Å². The maximum atomic E-state index is 11.2. The number of aliphatic carboxylic acids is 1. The van der Waals surface area contributed by atoms with Gasteiger partial charge in [-0.1, -0.05) is 84.0 Å². The van der Waals surface area contributed by atoms with E-state index in [0.29, 0.717) is 29.3 Å². The molecule has 2 N–H and O–H groups in total. The van der Waals surface area contributed by atoms with Crippen molar-refractivity contribution in [3.05, 3.63) is 113 Å². The Bertz CT molecular complexity index is 1600. The third kappa shape index (κ3) is 4.98. The molecule has 0 aliphatic heterocycles. The van der Waals surface area contributed by atoms with Crippen molar-refractivity contribution in [3.63, 3.8) is 0 Å². The average Bonchev–Trinajstić information content (AvgIpc) is 3.39. The Balaban J connectivity index is 1.21. The minimum Gasteiger partial charge on any atom is -0.481 e. The first-order chi connectivity index (χ1) is 18.9. The highest BCUT2D eigenvalue weighted by Crippen LogP contribution is 2.51. The van der Waals surface area contributed by atoms with Crippen molar-refractivity contribution in [2.24, 2.45) is 0 Å². The zero-order chi connectivity index (χ0) is 27.0. The van der Waals surface area contributed by atoms with Gasteiger partial charge >= 0.3 is 5.97 Å². The Morgan fingerprint density at radius 1 is 0.923 bits per heavy atom. The lowest BCUT2D eigenvalue weighted by molar-refractivity contribution is -0.137. The number of rotatable bonds is 9. The fraction of sp³-hybridized carbons (Fsp3) is 0.226. The van der Waals surface area contributed by atoms with Crippen molar-refractivity contribution in [1.29, 1.82) is 0 Å². The summed E-state index contributed by atoms with van der Waals surface area (Å²) in [4.78, 5) is 11.2. The number of aromatic nitrogens is 3. The predicted molar refractivity (Wildman–Crippen MR) is 143 cm³/mol. The van der Waals surface area contributed by atoms with Gasteiger partial charge in [0.1, 0.15) is 0 Å². The van der Waals surface area contributed by atoms with E-state index >= 15 is 0 Å². The van der Waals surface area contributed by atoms with E-state index in [4.69, 9.17) is 8.94 Å². The lowest BCUT2D eigenvalue weighted by atomic mass is 9.91. The topological polar surface area (TPSA) is 122 Å². The van der Waals surface area contributed by atoms with Crippen LogP contribution >= 0.6 is 0 Å². The van der Waals surface area contributed by atoms with Gasteiger partial charge in [0.2, 0.25) is 11.8 Å². The van der Waals surface area contributed by atoms with Gasteiger partial charge < -0.3 is 19.2 Å². The molecule has 1 aliphatic rings. The fourth-order valence-electron chi connectivity index (χ4n) is 5.09. The molecule has 3 aromatic carbocycles. The number of aliphatic hydroxyl groups is 1. The van der Waals surface area contributed by atoms with Crippen LogP contribution < -0.4 is 0 Å². The summed E-state index contributed by atoms with van der Waals surface area (Å²) in [6.07, 6.45) is 1.28. The number of carboxylic acid groups (broad SMARTS) is 1. The molecule has 2 heterocycles. The quantitative estimate of drug-likeness (QED) is 0.247. The van der Waals surface area contributed by atoms with Crippen molar-refractivity contribution < 1.29 is 23.9 Å². The monoisotopic (exact) mass is 521 g/mol. The van der Waals surface area contributed by atoms with Crippen LogP contribution in [0.15, 0.2) is 87.8 Å². The van der Waals surface area contributed by atoms with Crippen LogP contribution in [0.1, 0.15) is 59.5 Å². The van der Waals surface area contributed by atoms with Crippen molar-refractivity contribution in [3.8, 4) is 22.5 Å². The minimum atomic E-state index is -1.18. The summed E-state index contributed by atoms with van der Waals surface area (Å²) < 4.78 is 11.4. The molecule has 6 rings (SSSR count). The zero-order valence-electron chi connectivity index (χ0n) is 21.4. The van der Waals surface area contributed by atoms with Crippen LogP contribution in [0.4, 0.5) is 0 Å². The highest BCUT2D eigenvalue weighted by atomic mass is 16.5. The van der Waals surface area contributed by atoms with Crippen LogP contribution in [0.5, 0.6) is 0 Å². The summed E-state index contributed by atoms with van der Waals surface area (Å²) in [6.45, 7) is 1.76. The van der Waals surface area contributed by atoms with Gasteiger partial charge in [-0.25, -0.2) is 0 Å². The van der Waals surface area contributed by atoms with Crippen molar-refractivity contribution in [1.82, 2.24) is 15.4 Å². The predicted octanol–water partition coefficient (Wildman–Crippen LogP) is 5.88. The van der Waals surface area contributed by atoms with Crippen molar-refractivity contribution >= 4 is 5.97 Å². The first-order valence-electron chi connectivity index (χ1n) is 12.9. The van der Waals surface area contributed by atoms with E-state index in [0.717, 1.165) is 40.7 Å². The van der Waals surface area contributed by atoms with Gasteiger partial charge in [0.25, 0.3) is 0 Å². The van der Waals surface area contributed by atoms with Gasteiger partial charge in [0.15, 0.2) is 11.9 Å². The Labute approximate surface area is 224 Å². The Hall–Kier alpha value is -4.56. The van der Waals surface area contributed by atoms with E-state index in [9.17, 15) is 15.0 Å². The van der Waals surface area contributed by atoms with Crippen LogP contribution in [-0.2, 0) is 16.6 Å². The van der Waals surface area contributed by atoms with E-state index in [2.05, 4.69) is 15.4 Å². The van der Waals surface area contributed by atoms with Crippen LogP contribution in [0.25, 0.3) is 22.5 Å². The molecule has 5 aromatic rings. The van der Waals surface area contributed by atoms with Gasteiger partial charge in [0.05, 0.1) is 24.1 Å². The molecule has 0 spiro atoms. The number of aryl methyl sites for hydroxylation is 1. The molecule has 1 fully saturated rings. The van der Waals surface area contributed by atoms with E-state index < -0.39 is 12.1 Å². The second-order valence-electron chi connectivity index (χ2n) is 10.1. The van der Waals surface area contributed by atoms with Crippen LogP contribution in [0.2, 0.25) is 0 Å². The fourth-order valence-corrected chi connectivity index (χ4v) is 5.09. The molecular weight excluding hydrogens is 494 g/mol. The van der Waals surface area contributed by atoms with E-state index in [1.165, 1.54) is 0 Å². The third-order valence-corrected chi connectivity index (χ3v) is 7.42. The van der Waals surface area contributed by atoms with E-state index in [1.807, 2.05) is 78.9 Å². The summed E-state index contributed by atoms with van der Waals surface area (Å²) in [6, 6.07) is 25.7. The van der Waals surface area contributed by atoms with Gasteiger partial charge in [-0.05, 0) is 42.0 Å². The Kier molecular flexibility index (Phi) is 6.32. The molecule has 39 heavy (non-hydrogen) atoms. The second kappa shape index (κ2) is 9.96. The van der Waals surface area contributed by atoms with E-state index in [-0.39, 0.29) is 17.7 Å². The maximum absolute atomic E-state index is 11.2. The summed E-state index contributed by atoms with van der Waals surface area (Å²) in [5.74, 6) is 0.179. The second-order valence-corrected chi connectivity index (χ2v) is 10.1. The standard InChI is InChI=1S/C31H27N3O5/c1-19-27(28(37)30-33-32-25(38-30)17-20-5-3-2-4-6-20)29(39-34-19)23-9-7-21(8-10-23)22-11-13-24(14-12-22)31(15-16-31)18-26(35)36/h2-14,28,37H,15-18H2,1H3,(H,35,36). The summed E-state index contributed by atoms with van der Waals surface area (Å²) >= 11 is 0. The van der Waals surface area contributed by atoms with Crippen molar-refractivity contribution in [2.45, 2.75) is 44.1 Å². The van der Waals surface area contributed by atoms with E-state index in [1.54, 1.807) is 6.92 Å². The number of carbonyl (C=O) groups is 1. The summed E-state index contributed by atoms with van der Waals surface area (Å²) in [7, 11) is 0. The number of benzene rings is 3. The number of nitrogens with zero attached hydrogens (tertiary/aromatic N) is 3. The summed E-state index contributed by atoms with van der Waals surface area (Å²) in [5, 5.41) is 32.6. The molecule has 0 saturated heterocycles. The lowest BCUT2D eigenvalue weighted by Crippen LogP contribution is -2.12. The van der Waals surface area contributed by atoms with Gasteiger partial charge in [-0.2, -0.15) is 0 Å². The Morgan fingerprint density at radius 3 is 2.21 bits per heavy atom. The Morgan fingerprint density at radius 2 is 1.56 bits per heavy atom. The normalized spacial score (nSPS) is 14.7. The molecule has 0 amide bonds. The molecule has 1 aliphatic carbocycles. The average molecular weight is 522 g/mol. The first-order valence-corrected chi connectivity index (χ1v) is 12.9. The molecule has 1 atom stereocenters. The number of carboxylic acids is 1. The largest absolute Gasteiger partial charge is 0.481 e. The molecule has 1 unspecified atom stereocenters. The van der Waals surface area contributed by atoms with Crippen LogP contribution in [0.3, 0.4) is 0 Å². The van der Waals surface area contributed by atoms with Crippen LogP contribution in [0, 0.1) is 6.92 Å². The molecule has 0 radical (unpaired) electrons. The molecule has 2 aromatic heterocycles. The summed E-state index contributed by atoms with van der Waals surface area (Å²) in [5.41, 5.74) is 5.71. The molecule has 196 valence electrons. The number of hydrogen-bond donors (Lipinski definition) is 2. The minimum absolute atomic E-state index is 0.0847. The smallest absolute Gasteiger partial charge is 0.304 e. The molecule has 0 bridgehead atoms. The molecule has 1 saturated carbocycles. The van der Waals surface area contributed by atoms with Crippen LogP contribution in [-0.4, -0.2) is 31.5 Å². The van der Waals surface area contributed by atoms with Gasteiger partial charge in [-0.15, -0.1) is 10.2 Å². The van der Waals surface area contributed by atoms with Crippen molar-refractivity contribution in [2.75, 3.05) is 0 Å². The maximum Gasteiger partial charge on any atom is 0.304 e. The molecule has 8 nitrogen and oxygen atoms in total. The molecular formula is C31H27N3O5. The zero-order valence-corrected chi connectivity index (χ0v) is 21.4. The number of hydrogen-bond acceptors (Lipinski definition) is 7.